The van der Waals surface area contributed by atoms with Crippen LogP contribution in [0.5, 0.6) is 5.75 Å². The van der Waals surface area contributed by atoms with E-state index in [1.54, 1.807) is 6.92 Å². The molecule has 18 heavy (non-hydrogen) atoms. The monoisotopic (exact) mass is 242 g/mol. The van der Waals surface area contributed by atoms with Crippen LogP contribution in [-0.2, 0) is 6.42 Å². The van der Waals surface area contributed by atoms with Crippen molar-refractivity contribution in [3.63, 3.8) is 0 Å². The lowest BCUT2D eigenvalue weighted by Gasteiger charge is -2.12. The summed E-state index contributed by atoms with van der Waals surface area (Å²) in [5.74, 6) is 0.849. The molecule has 0 aromatic heterocycles. The molecule has 94 valence electrons. The van der Waals surface area contributed by atoms with E-state index in [0.717, 1.165) is 17.7 Å². The highest BCUT2D eigenvalue weighted by Gasteiger charge is 2.05. The molecule has 1 N–H and O–H groups in total. The van der Waals surface area contributed by atoms with Crippen molar-refractivity contribution in [3.05, 3.63) is 65.7 Å². The van der Waals surface area contributed by atoms with Gasteiger partial charge in [-0.2, -0.15) is 0 Å². The van der Waals surface area contributed by atoms with Crippen LogP contribution in [0.2, 0.25) is 0 Å². The van der Waals surface area contributed by atoms with Crippen molar-refractivity contribution in [1.29, 1.82) is 0 Å². The molecular formula is C16H18O2. The molecule has 0 heterocycles. The minimum atomic E-state index is -0.449. The molecule has 0 radical (unpaired) electrons. The van der Waals surface area contributed by atoms with Gasteiger partial charge in [0.25, 0.3) is 0 Å². The molecule has 0 saturated carbocycles. The molecule has 2 aromatic rings. The van der Waals surface area contributed by atoms with Gasteiger partial charge in [0.15, 0.2) is 0 Å². The molecule has 0 aliphatic rings. The molecule has 0 aliphatic carbocycles. The summed E-state index contributed by atoms with van der Waals surface area (Å²) < 4.78 is 5.62. The van der Waals surface area contributed by atoms with E-state index in [2.05, 4.69) is 18.2 Å². The normalized spacial score (nSPS) is 12.1. The van der Waals surface area contributed by atoms with Crippen LogP contribution >= 0.6 is 0 Å². The summed E-state index contributed by atoms with van der Waals surface area (Å²) in [7, 11) is 0. The van der Waals surface area contributed by atoms with E-state index in [0.29, 0.717) is 6.61 Å². The molecule has 2 nitrogen and oxygen atoms in total. The van der Waals surface area contributed by atoms with Crippen molar-refractivity contribution in [2.24, 2.45) is 0 Å². The number of aliphatic hydroxyl groups is 1. The smallest absolute Gasteiger partial charge is 0.122 e. The SMILES string of the molecule is CC(O)COc1ccccc1Cc1ccccc1. The van der Waals surface area contributed by atoms with Gasteiger partial charge in [0.2, 0.25) is 0 Å². The Labute approximate surface area is 108 Å². The molecule has 0 spiro atoms. The Bertz CT molecular complexity index is 477. The number of rotatable bonds is 5. The lowest BCUT2D eigenvalue weighted by molar-refractivity contribution is 0.122. The molecule has 0 fully saturated rings. The Balaban J connectivity index is 2.12. The largest absolute Gasteiger partial charge is 0.491 e. The van der Waals surface area contributed by atoms with Crippen molar-refractivity contribution < 1.29 is 9.84 Å². The Kier molecular flexibility index (Phi) is 4.37. The molecule has 1 unspecified atom stereocenters. The van der Waals surface area contributed by atoms with Crippen molar-refractivity contribution >= 4 is 0 Å². The number of hydrogen-bond acceptors (Lipinski definition) is 2. The van der Waals surface area contributed by atoms with Crippen molar-refractivity contribution in [1.82, 2.24) is 0 Å². The number of aliphatic hydroxyl groups excluding tert-OH is 1. The number of ether oxygens (including phenoxy) is 1. The van der Waals surface area contributed by atoms with E-state index in [1.165, 1.54) is 5.56 Å². The van der Waals surface area contributed by atoms with Gasteiger partial charge in [0.05, 0.1) is 6.10 Å². The van der Waals surface area contributed by atoms with Gasteiger partial charge in [-0.15, -0.1) is 0 Å². The third kappa shape index (κ3) is 3.60. The minimum absolute atomic E-state index is 0.325. The number of benzene rings is 2. The van der Waals surface area contributed by atoms with Gasteiger partial charge in [-0.3, -0.25) is 0 Å². The second-order valence-electron chi connectivity index (χ2n) is 4.43. The molecule has 0 bridgehead atoms. The molecule has 1 atom stereocenters. The van der Waals surface area contributed by atoms with E-state index in [-0.39, 0.29) is 0 Å². The zero-order chi connectivity index (χ0) is 12.8. The zero-order valence-corrected chi connectivity index (χ0v) is 10.5. The van der Waals surface area contributed by atoms with Crippen LogP contribution in [-0.4, -0.2) is 17.8 Å². The third-order valence-electron chi connectivity index (χ3n) is 2.69. The maximum atomic E-state index is 9.27. The summed E-state index contributed by atoms with van der Waals surface area (Å²) in [6.07, 6.45) is 0.395. The van der Waals surface area contributed by atoms with Crippen LogP contribution in [0.25, 0.3) is 0 Å². The molecule has 0 saturated heterocycles. The number of hydrogen-bond donors (Lipinski definition) is 1. The van der Waals surface area contributed by atoms with Gasteiger partial charge in [0.1, 0.15) is 12.4 Å². The summed E-state index contributed by atoms with van der Waals surface area (Å²) in [6, 6.07) is 18.3. The Hall–Kier alpha value is -1.80. The van der Waals surface area contributed by atoms with Crippen molar-refractivity contribution in [2.75, 3.05) is 6.61 Å². The van der Waals surface area contributed by atoms with Crippen molar-refractivity contribution in [2.45, 2.75) is 19.4 Å². The predicted octanol–water partition coefficient (Wildman–Crippen LogP) is 3.04. The summed E-state index contributed by atoms with van der Waals surface area (Å²) >= 11 is 0. The van der Waals surface area contributed by atoms with Crippen LogP contribution in [0.4, 0.5) is 0 Å². The predicted molar refractivity (Wildman–Crippen MR) is 72.9 cm³/mol. The fourth-order valence-corrected chi connectivity index (χ4v) is 1.82. The van der Waals surface area contributed by atoms with Gasteiger partial charge in [-0.05, 0) is 24.1 Å². The molecule has 0 aliphatic heterocycles. The van der Waals surface area contributed by atoms with Crippen LogP contribution < -0.4 is 4.74 Å². The summed E-state index contributed by atoms with van der Waals surface area (Å²) in [5.41, 5.74) is 2.40. The average molecular weight is 242 g/mol. The van der Waals surface area contributed by atoms with Crippen molar-refractivity contribution in [3.8, 4) is 5.75 Å². The fourth-order valence-electron chi connectivity index (χ4n) is 1.82. The second-order valence-corrected chi connectivity index (χ2v) is 4.43. The van der Waals surface area contributed by atoms with E-state index < -0.39 is 6.10 Å². The Morgan fingerprint density at radius 3 is 2.39 bits per heavy atom. The quantitative estimate of drug-likeness (QED) is 0.873. The topological polar surface area (TPSA) is 29.5 Å². The highest BCUT2D eigenvalue weighted by molar-refractivity contribution is 5.37. The summed E-state index contributed by atoms with van der Waals surface area (Å²) in [4.78, 5) is 0. The summed E-state index contributed by atoms with van der Waals surface area (Å²) in [5, 5.41) is 9.27. The van der Waals surface area contributed by atoms with Gasteiger partial charge in [0, 0.05) is 6.42 Å². The van der Waals surface area contributed by atoms with E-state index >= 15 is 0 Å². The molecule has 2 rings (SSSR count). The molecule has 2 aromatic carbocycles. The lowest BCUT2D eigenvalue weighted by atomic mass is 10.0. The first-order valence-electron chi connectivity index (χ1n) is 6.18. The maximum absolute atomic E-state index is 9.27. The molecular weight excluding hydrogens is 224 g/mol. The fraction of sp³-hybridized carbons (Fsp3) is 0.250. The van der Waals surface area contributed by atoms with Crippen LogP contribution in [0.15, 0.2) is 54.6 Å². The third-order valence-corrected chi connectivity index (χ3v) is 2.69. The van der Waals surface area contributed by atoms with Gasteiger partial charge >= 0.3 is 0 Å². The van der Waals surface area contributed by atoms with Gasteiger partial charge < -0.3 is 9.84 Å². The highest BCUT2D eigenvalue weighted by Crippen LogP contribution is 2.21. The Morgan fingerprint density at radius 2 is 1.67 bits per heavy atom. The summed E-state index contributed by atoms with van der Waals surface area (Å²) in [6.45, 7) is 2.05. The maximum Gasteiger partial charge on any atom is 0.122 e. The van der Waals surface area contributed by atoms with Crippen LogP contribution in [0.3, 0.4) is 0 Å². The number of para-hydroxylation sites is 1. The van der Waals surface area contributed by atoms with Crippen LogP contribution in [0.1, 0.15) is 18.1 Å². The molecule has 2 heteroatoms. The Morgan fingerprint density at radius 1 is 1.00 bits per heavy atom. The highest BCUT2D eigenvalue weighted by atomic mass is 16.5. The van der Waals surface area contributed by atoms with E-state index in [9.17, 15) is 5.11 Å². The first-order valence-corrected chi connectivity index (χ1v) is 6.18. The first kappa shape index (κ1) is 12.7. The van der Waals surface area contributed by atoms with Gasteiger partial charge in [-0.25, -0.2) is 0 Å². The van der Waals surface area contributed by atoms with Crippen LogP contribution in [0, 0.1) is 0 Å². The second kappa shape index (κ2) is 6.22. The van der Waals surface area contributed by atoms with E-state index in [1.807, 2.05) is 36.4 Å². The average Bonchev–Trinajstić information content (AvgIpc) is 2.39. The zero-order valence-electron chi connectivity index (χ0n) is 10.5. The standard InChI is InChI=1S/C16H18O2/c1-13(17)12-18-16-10-6-5-9-15(16)11-14-7-3-2-4-8-14/h2-10,13,17H,11-12H2,1H3. The minimum Gasteiger partial charge on any atom is -0.491 e. The van der Waals surface area contributed by atoms with Gasteiger partial charge in [-0.1, -0.05) is 48.5 Å². The first-order chi connectivity index (χ1) is 8.75. The molecule has 0 amide bonds. The lowest BCUT2D eigenvalue weighted by Crippen LogP contribution is -2.13. The van der Waals surface area contributed by atoms with E-state index in [4.69, 9.17) is 4.74 Å².